The molecule has 4 bridgehead atoms. The van der Waals surface area contributed by atoms with Crippen LogP contribution in [0.1, 0.15) is 44.9 Å². The van der Waals surface area contributed by atoms with Gasteiger partial charge in [0, 0.05) is 17.0 Å². The number of hydrogen-bond acceptors (Lipinski definition) is 5. The minimum Gasteiger partial charge on any atom is -0.302 e. The molecule has 28 heavy (non-hydrogen) atoms. The van der Waals surface area contributed by atoms with Crippen molar-refractivity contribution < 1.29 is 13.2 Å². The summed E-state index contributed by atoms with van der Waals surface area (Å²) in [6.07, 6.45) is 9.03. The lowest BCUT2D eigenvalue weighted by molar-refractivity contribution is -0.123. The van der Waals surface area contributed by atoms with Gasteiger partial charge < -0.3 is 5.32 Å². The Morgan fingerprint density at radius 3 is 2.64 bits per heavy atom. The number of hydrogen-bond donors (Lipinski definition) is 1. The number of alkyl halides is 1. The summed E-state index contributed by atoms with van der Waals surface area (Å²) in [5.41, 5.74) is 0.833. The molecule has 0 aliphatic heterocycles. The van der Waals surface area contributed by atoms with Gasteiger partial charge in [-0.3, -0.25) is 4.79 Å². The van der Waals surface area contributed by atoms with E-state index in [2.05, 4.69) is 26.2 Å². The average Bonchev–Trinajstić information content (AvgIpc) is 2.91. The van der Waals surface area contributed by atoms with E-state index in [0.717, 1.165) is 23.0 Å². The minimum absolute atomic E-state index is 0.0282. The summed E-state index contributed by atoms with van der Waals surface area (Å²) in [5, 5.41) is 3.53. The van der Waals surface area contributed by atoms with E-state index in [9.17, 15) is 13.2 Å². The first-order valence-corrected chi connectivity index (χ1v) is 13.2. The van der Waals surface area contributed by atoms with Crippen LogP contribution in [0.25, 0.3) is 10.2 Å². The average molecular weight is 483 g/mol. The Morgan fingerprint density at radius 2 is 2.00 bits per heavy atom. The Balaban J connectivity index is 1.33. The van der Waals surface area contributed by atoms with Crippen molar-refractivity contribution in [2.75, 3.05) is 11.6 Å². The molecule has 1 N–H and O–H groups in total. The molecule has 1 aromatic carbocycles. The maximum atomic E-state index is 12.8. The molecule has 1 amide bonds. The predicted octanol–water partition coefficient (Wildman–Crippen LogP) is 4.76. The first kappa shape index (κ1) is 19.0. The summed E-state index contributed by atoms with van der Waals surface area (Å²) < 4.78 is 24.5. The zero-order valence-corrected chi connectivity index (χ0v) is 18.9. The van der Waals surface area contributed by atoms with E-state index in [1.165, 1.54) is 49.7 Å². The molecule has 1 aromatic heterocycles. The molecule has 1 heterocycles. The number of amides is 1. The number of sulfone groups is 1. The number of thiazole rings is 1. The number of halogens is 1. The Morgan fingerprint density at radius 1 is 1.29 bits per heavy atom. The summed E-state index contributed by atoms with van der Waals surface area (Å²) in [6.45, 7) is 0. The SMILES string of the molecule is CS(=O)(=O)c1ccc2nc(NC(=O)CC34C[C@H]5C[C@@H](CC(Br)(C5)C3)C4)sc2c1. The first-order chi connectivity index (χ1) is 13.1. The number of fused-ring (bicyclic) bond motifs is 1. The number of benzene rings is 1. The standard InChI is InChI=1S/C20H23BrN2O3S2/c1-28(25,26)14-2-3-15-16(5-14)27-18(22-15)23-17(24)10-19-6-12-4-13(7-19)9-20(21,8-12)11-19/h2-3,5,12-13H,4,6-11H2,1H3,(H,22,23,24)/t12-,13-,19?,20?/m1/s1. The van der Waals surface area contributed by atoms with Crippen LogP contribution >= 0.6 is 27.3 Å². The summed E-state index contributed by atoms with van der Waals surface area (Å²) in [5.74, 6) is 1.54. The van der Waals surface area contributed by atoms with Crippen LogP contribution in [0.15, 0.2) is 23.1 Å². The normalized spacial score (nSPS) is 34.1. The molecule has 4 saturated carbocycles. The number of aromatic nitrogens is 1. The van der Waals surface area contributed by atoms with Crippen LogP contribution in [0.4, 0.5) is 5.13 Å². The van der Waals surface area contributed by atoms with Crippen molar-refractivity contribution in [3.05, 3.63) is 18.2 Å². The smallest absolute Gasteiger partial charge is 0.226 e. The maximum absolute atomic E-state index is 12.8. The van der Waals surface area contributed by atoms with E-state index in [-0.39, 0.29) is 20.5 Å². The third-order valence-electron chi connectivity index (χ3n) is 6.68. The lowest BCUT2D eigenvalue weighted by atomic mass is 9.48. The number of carbonyl (C=O) groups excluding carboxylic acids is 1. The van der Waals surface area contributed by atoms with Gasteiger partial charge in [0.25, 0.3) is 0 Å². The largest absolute Gasteiger partial charge is 0.302 e. The van der Waals surface area contributed by atoms with Gasteiger partial charge in [-0.1, -0.05) is 27.3 Å². The Bertz CT molecular complexity index is 1060. The summed E-state index contributed by atoms with van der Waals surface area (Å²) >= 11 is 5.33. The van der Waals surface area contributed by atoms with Crippen LogP contribution in [-0.4, -0.2) is 29.9 Å². The molecule has 8 heteroatoms. The second-order valence-corrected chi connectivity index (χ2v) is 14.0. The minimum atomic E-state index is -3.26. The fourth-order valence-electron chi connectivity index (χ4n) is 6.24. The van der Waals surface area contributed by atoms with Crippen molar-refractivity contribution in [1.82, 2.24) is 4.98 Å². The van der Waals surface area contributed by atoms with Crippen molar-refractivity contribution >= 4 is 58.4 Å². The highest BCUT2D eigenvalue weighted by atomic mass is 79.9. The van der Waals surface area contributed by atoms with Gasteiger partial charge in [-0.15, -0.1) is 0 Å². The van der Waals surface area contributed by atoms with E-state index in [0.29, 0.717) is 17.1 Å². The molecule has 0 radical (unpaired) electrons. The molecule has 150 valence electrons. The molecule has 4 aliphatic carbocycles. The third-order valence-corrected chi connectivity index (χ3v) is 9.65. The fourth-order valence-corrected chi connectivity index (χ4v) is 9.39. The van der Waals surface area contributed by atoms with E-state index in [1.807, 2.05) is 0 Å². The molecule has 0 saturated heterocycles. The summed E-state index contributed by atoms with van der Waals surface area (Å²) in [6, 6.07) is 4.89. The molecular formula is C20H23BrN2O3S2. The van der Waals surface area contributed by atoms with Crippen LogP contribution in [0, 0.1) is 17.3 Å². The first-order valence-electron chi connectivity index (χ1n) is 9.71. The molecule has 2 atom stereocenters. The molecule has 2 aromatic rings. The van der Waals surface area contributed by atoms with E-state index in [4.69, 9.17) is 0 Å². The second kappa shape index (κ2) is 6.25. The van der Waals surface area contributed by atoms with Crippen molar-refractivity contribution in [3.8, 4) is 0 Å². The van der Waals surface area contributed by atoms with Gasteiger partial charge in [0.15, 0.2) is 15.0 Å². The van der Waals surface area contributed by atoms with Gasteiger partial charge in [0.2, 0.25) is 5.91 Å². The van der Waals surface area contributed by atoms with Crippen molar-refractivity contribution in [1.29, 1.82) is 0 Å². The van der Waals surface area contributed by atoms with E-state index in [1.54, 1.807) is 18.2 Å². The molecular weight excluding hydrogens is 460 g/mol. The second-order valence-electron chi connectivity index (χ2n) is 9.26. The summed E-state index contributed by atoms with van der Waals surface area (Å²) in [4.78, 5) is 17.6. The Hall–Kier alpha value is -0.990. The molecule has 0 unspecified atom stereocenters. The highest BCUT2D eigenvalue weighted by Gasteiger charge is 2.57. The van der Waals surface area contributed by atoms with Crippen LogP contribution in [0.5, 0.6) is 0 Å². The van der Waals surface area contributed by atoms with Crippen molar-refractivity contribution in [2.24, 2.45) is 17.3 Å². The van der Waals surface area contributed by atoms with Crippen LogP contribution in [0.3, 0.4) is 0 Å². The predicted molar refractivity (Wildman–Crippen MR) is 115 cm³/mol. The number of nitrogens with zero attached hydrogens (tertiary/aromatic N) is 1. The number of carbonyl (C=O) groups is 1. The van der Waals surface area contributed by atoms with Gasteiger partial charge in [0.05, 0.1) is 15.1 Å². The van der Waals surface area contributed by atoms with Gasteiger partial charge >= 0.3 is 0 Å². The molecule has 5 nitrogen and oxygen atoms in total. The fraction of sp³-hybridized carbons (Fsp3) is 0.600. The maximum Gasteiger partial charge on any atom is 0.226 e. The molecule has 4 fully saturated rings. The molecule has 4 aliphatic rings. The van der Waals surface area contributed by atoms with Crippen LogP contribution < -0.4 is 5.32 Å². The van der Waals surface area contributed by atoms with Gasteiger partial charge in [0.1, 0.15) is 0 Å². The lowest BCUT2D eigenvalue weighted by Gasteiger charge is -2.60. The Kier molecular flexibility index (Phi) is 4.24. The number of rotatable bonds is 4. The van der Waals surface area contributed by atoms with E-state index < -0.39 is 9.84 Å². The Labute approximate surface area is 177 Å². The zero-order valence-electron chi connectivity index (χ0n) is 15.7. The summed E-state index contributed by atoms with van der Waals surface area (Å²) in [7, 11) is -3.26. The zero-order chi connectivity index (χ0) is 19.7. The van der Waals surface area contributed by atoms with Crippen LogP contribution in [0.2, 0.25) is 0 Å². The molecule has 6 rings (SSSR count). The quantitative estimate of drug-likeness (QED) is 0.637. The highest BCUT2D eigenvalue weighted by Crippen LogP contribution is 2.65. The third kappa shape index (κ3) is 3.41. The van der Waals surface area contributed by atoms with Crippen molar-refractivity contribution in [2.45, 2.75) is 54.2 Å². The monoisotopic (exact) mass is 482 g/mol. The topological polar surface area (TPSA) is 76.1 Å². The van der Waals surface area contributed by atoms with Gasteiger partial charge in [-0.2, -0.15) is 0 Å². The van der Waals surface area contributed by atoms with Crippen molar-refractivity contribution in [3.63, 3.8) is 0 Å². The number of nitrogens with one attached hydrogen (secondary N) is 1. The van der Waals surface area contributed by atoms with Gasteiger partial charge in [-0.05, 0) is 74.0 Å². The highest BCUT2D eigenvalue weighted by molar-refractivity contribution is 9.10. The molecule has 0 spiro atoms. The van der Waals surface area contributed by atoms with E-state index >= 15 is 0 Å². The number of anilines is 1. The lowest BCUT2D eigenvalue weighted by Crippen LogP contribution is -2.53. The van der Waals surface area contributed by atoms with Crippen LogP contribution in [-0.2, 0) is 14.6 Å². The van der Waals surface area contributed by atoms with Gasteiger partial charge in [-0.25, -0.2) is 13.4 Å².